The van der Waals surface area contributed by atoms with Crippen molar-refractivity contribution in [3.05, 3.63) is 34.6 Å². The van der Waals surface area contributed by atoms with E-state index in [9.17, 15) is 14.7 Å². The number of carboxylic acids is 1. The monoisotopic (exact) mass is 547 g/mol. The van der Waals surface area contributed by atoms with Gasteiger partial charge in [-0.3, -0.25) is 19.4 Å². The summed E-state index contributed by atoms with van der Waals surface area (Å²) in [7, 11) is 3.59. The summed E-state index contributed by atoms with van der Waals surface area (Å²) in [6.45, 7) is 0.535. The van der Waals surface area contributed by atoms with E-state index < -0.39 is 11.5 Å². The number of hydrogen-bond donors (Lipinski definition) is 1. The van der Waals surface area contributed by atoms with Gasteiger partial charge in [-0.1, -0.05) is 44.2 Å². The van der Waals surface area contributed by atoms with Crippen molar-refractivity contribution in [2.24, 2.45) is 11.8 Å². The van der Waals surface area contributed by atoms with Crippen molar-refractivity contribution in [3.8, 4) is 0 Å². The molecular weight excluding hydrogens is 502 g/mol. The van der Waals surface area contributed by atoms with Crippen molar-refractivity contribution in [2.45, 2.75) is 107 Å². The fraction of sp³-hybridized carbons (Fsp3) is 0.719. The van der Waals surface area contributed by atoms with Crippen LogP contribution in [-0.2, 0) is 4.79 Å². The highest BCUT2D eigenvalue weighted by molar-refractivity contribution is 5.84. The Morgan fingerprint density at radius 3 is 2.15 bits per heavy atom. The lowest BCUT2D eigenvalue weighted by Gasteiger charge is -2.55. The highest BCUT2D eigenvalue weighted by Crippen LogP contribution is 2.47. The molecule has 3 aliphatic heterocycles. The zero-order valence-electron chi connectivity index (χ0n) is 24.2. The van der Waals surface area contributed by atoms with Gasteiger partial charge in [-0.15, -0.1) is 0 Å². The molecule has 2 aromatic rings. The van der Waals surface area contributed by atoms with Crippen LogP contribution in [0.15, 0.2) is 29.1 Å². The molecule has 3 saturated heterocycles. The minimum atomic E-state index is -0.982. The van der Waals surface area contributed by atoms with Crippen LogP contribution >= 0.6 is 0 Å². The lowest BCUT2D eigenvalue weighted by Crippen LogP contribution is -2.73. The summed E-state index contributed by atoms with van der Waals surface area (Å²) in [5, 5.41) is 9.93. The standard InChI is InChI=1S/C32H45N5O3/c1-34(2)32(31(39)40)19-35(20-32)29-30(38)37(28-13-6-5-12-27(28)33-29)26-17-23-10-7-11-24(18-26)36(23)25-15-21-8-3-4-9-22(14-21)16-25/h5-6,12-13,21-26H,3-4,7-11,14-20H2,1-2H3,(H,39,40)/t21-,22+,23-,24+,25-,26+. The first-order valence-corrected chi connectivity index (χ1v) is 15.8. The van der Waals surface area contributed by atoms with Crippen molar-refractivity contribution < 1.29 is 9.90 Å². The van der Waals surface area contributed by atoms with Crippen molar-refractivity contribution >= 4 is 22.8 Å². The summed E-state index contributed by atoms with van der Waals surface area (Å²) in [6, 6.07) is 9.97. The van der Waals surface area contributed by atoms with Crippen molar-refractivity contribution in [1.82, 2.24) is 19.4 Å². The van der Waals surface area contributed by atoms with Crippen LogP contribution in [0.25, 0.3) is 11.0 Å². The van der Waals surface area contributed by atoms with Crippen LogP contribution in [0.5, 0.6) is 0 Å². The molecule has 4 heterocycles. The predicted octanol–water partition coefficient (Wildman–Crippen LogP) is 4.52. The number of para-hydroxylation sites is 2. The molecule has 7 rings (SSSR count). The highest BCUT2D eigenvalue weighted by atomic mass is 16.4. The Bertz CT molecular complexity index is 1310. The Morgan fingerprint density at radius 1 is 0.875 bits per heavy atom. The summed E-state index contributed by atoms with van der Waals surface area (Å²) >= 11 is 0. The molecule has 5 fully saturated rings. The van der Waals surface area contributed by atoms with Crippen LogP contribution in [0.4, 0.5) is 5.82 Å². The topological polar surface area (TPSA) is 81.9 Å². The van der Waals surface area contributed by atoms with Crippen LogP contribution in [0.1, 0.15) is 83.1 Å². The van der Waals surface area contributed by atoms with Crippen LogP contribution in [0, 0.1) is 11.8 Å². The van der Waals surface area contributed by atoms with Gasteiger partial charge in [-0.2, -0.15) is 0 Å². The molecule has 8 heteroatoms. The number of aliphatic carboxylic acids is 1. The van der Waals surface area contributed by atoms with Gasteiger partial charge in [-0.25, -0.2) is 4.98 Å². The highest BCUT2D eigenvalue weighted by Gasteiger charge is 2.53. The molecule has 4 bridgehead atoms. The van der Waals surface area contributed by atoms with E-state index in [1.165, 1.54) is 64.2 Å². The number of carbonyl (C=O) groups is 1. The van der Waals surface area contributed by atoms with Gasteiger partial charge in [0.15, 0.2) is 11.4 Å². The lowest BCUT2D eigenvalue weighted by molar-refractivity contribution is -0.151. The molecule has 0 amide bonds. The van der Waals surface area contributed by atoms with E-state index in [4.69, 9.17) is 4.98 Å². The van der Waals surface area contributed by atoms with Crippen molar-refractivity contribution in [1.29, 1.82) is 0 Å². The summed E-state index contributed by atoms with van der Waals surface area (Å²) in [5.74, 6) is 1.38. The normalized spacial score (nSPS) is 33.9. The van der Waals surface area contributed by atoms with Gasteiger partial charge in [0.1, 0.15) is 0 Å². The Hall–Kier alpha value is -2.45. The van der Waals surface area contributed by atoms with E-state index in [-0.39, 0.29) is 24.7 Å². The number of fused-ring (bicyclic) bond motifs is 5. The van der Waals surface area contributed by atoms with Crippen LogP contribution in [-0.4, -0.2) is 81.3 Å². The molecule has 6 atom stereocenters. The van der Waals surface area contributed by atoms with Gasteiger partial charge in [0.05, 0.1) is 24.1 Å². The molecule has 40 heavy (non-hydrogen) atoms. The second-order valence-corrected chi connectivity index (χ2v) is 13.9. The number of hydrogen-bond acceptors (Lipinski definition) is 6. The van der Waals surface area contributed by atoms with Crippen molar-refractivity contribution in [2.75, 3.05) is 32.1 Å². The van der Waals surface area contributed by atoms with Gasteiger partial charge in [-0.05, 0) is 83.0 Å². The molecular formula is C32H45N5O3. The average molecular weight is 548 g/mol. The van der Waals surface area contributed by atoms with Gasteiger partial charge < -0.3 is 14.6 Å². The molecule has 1 aromatic carbocycles. The molecule has 216 valence electrons. The maximum atomic E-state index is 14.2. The Labute approximate surface area is 237 Å². The maximum Gasteiger partial charge on any atom is 0.327 e. The fourth-order valence-electron chi connectivity index (χ4n) is 9.36. The number of benzene rings is 1. The first kappa shape index (κ1) is 26.4. The van der Waals surface area contributed by atoms with E-state index in [1.54, 1.807) is 19.0 Å². The minimum absolute atomic E-state index is 0.0587. The molecule has 0 spiro atoms. The third-order valence-corrected chi connectivity index (χ3v) is 11.4. The van der Waals surface area contributed by atoms with Crippen LogP contribution in [0.3, 0.4) is 0 Å². The average Bonchev–Trinajstić information content (AvgIpc) is 3.06. The number of piperidine rings is 2. The number of likely N-dealkylation sites (N-methyl/N-ethyl adjacent to an activating group) is 1. The Balaban J connectivity index is 1.20. The SMILES string of the molecule is CN(C)C1(C(=O)O)CN(c2nc3ccccc3n([C@H]3C[C@H]4CCC[C@@H](C3)N4[C@@H]3C[C@@H]4CCCC[C@@H](C4)C3)c2=O)C1. The van der Waals surface area contributed by atoms with Crippen molar-refractivity contribution in [3.63, 3.8) is 0 Å². The second kappa shape index (κ2) is 10.1. The number of anilines is 1. The second-order valence-electron chi connectivity index (χ2n) is 13.9. The zero-order valence-corrected chi connectivity index (χ0v) is 24.2. The predicted molar refractivity (Wildman–Crippen MR) is 157 cm³/mol. The minimum Gasteiger partial charge on any atom is -0.480 e. The molecule has 0 radical (unpaired) electrons. The fourth-order valence-corrected chi connectivity index (χ4v) is 9.36. The molecule has 8 nitrogen and oxygen atoms in total. The smallest absolute Gasteiger partial charge is 0.327 e. The summed E-state index contributed by atoms with van der Waals surface area (Å²) < 4.78 is 2.05. The van der Waals surface area contributed by atoms with E-state index in [0.29, 0.717) is 17.9 Å². The van der Waals surface area contributed by atoms with E-state index in [2.05, 4.69) is 9.47 Å². The van der Waals surface area contributed by atoms with Gasteiger partial charge >= 0.3 is 5.97 Å². The van der Waals surface area contributed by atoms with Crippen LogP contribution < -0.4 is 10.5 Å². The number of nitrogens with zero attached hydrogens (tertiary/aromatic N) is 5. The maximum absolute atomic E-state index is 14.2. The lowest BCUT2D eigenvalue weighted by atomic mass is 9.73. The van der Waals surface area contributed by atoms with Crippen LogP contribution in [0.2, 0.25) is 0 Å². The third kappa shape index (κ3) is 4.28. The molecule has 1 aromatic heterocycles. The summed E-state index contributed by atoms with van der Waals surface area (Å²) in [6.07, 6.45) is 15.7. The number of aromatic nitrogens is 2. The summed E-state index contributed by atoms with van der Waals surface area (Å²) in [4.78, 5) is 37.7. The van der Waals surface area contributed by atoms with E-state index in [1.807, 2.05) is 29.2 Å². The van der Waals surface area contributed by atoms with E-state index in [0.717, 1.165) is 41.8 Å². The van der Waals surface area contributed by atoms with Gasteiger partial charge in [0.2, 0.25) is 0 Å². The first-order chi connectivity index (χ1) is 19.3. The van der Waals surface area contributed by atoms with Gasteiger partial charge in [0, 0.05) is 24.2 Å². The number of rotatable bonds is 5. The third-order valence-electron chi connectivity index (χ3n) is 11.4. The van der Waals surface area contributed by atoms with E-state index >= 15 is 0 Å². The molecule has 2 saturated carbocycles. The molecule has 2 aliphatic carbocycles. The number of carboxylic acid groups (broad SMARTS) is 1. The first-order valence-electron chi connectivity index (χ1n) is 15.8. The quantitative estimate of drug-likeness (QED) is 0.590. The van der Waals surface area contributed by atoms with Gasteiger partial charge in [0.25, 0.3) is 5.56 Å². The Kier molecular flexibility index (Phi) is 6.69. The molecule has 0 unspecified atom stereocenters. The largest absolute Gasteiger partial charge is 0.480 e. The zero-order chi connectivity index (χ0) is 27.6. The molecule has 1 N–H and O–H groups in total. The summed E-state index contributed by atoms with van der Waals surface area (Å²) in [5.41, 5.74) is 0.689. The Morgan fingerprint density at radius 2 is 1.52 bits per heavy atom. The molecule has 5 aliphatic rings.